The van der Waals surface area contributed by atoms with Crippen molar-refractivity contribution in [3.63, 3.8) is 0 Å². The summed E-state index contributed by atoms with van der Waals surface area (Å²) in [4.78, 5) is 0. The number of rotatable bonds is 1. The van der Waals surface area contributed by atoms with E-state index in [1.165, 1.54) is 0 Å². The second-order valence-electron chi connectivity index (χ2n) is 2.31. The zero-order valence-electron chi connectivity index (χ0n) is 8.54. The normalized spacial score (nSPS) is 20.2. The molecule has 13 heavy (non-hydrogen) atoms. The van der Waals surface area contributed by atoms with Crippen molar-refractivity contribution in [2.45, 2.75) is 27.2 Å². The van der Waals surface area contributed by atoms with E-state index in [0.717, 1.165) is 17.7 Å². The lowest BCUT2D eigenvalue weighted by Gasteiger charge is -1.97. The minimum atomic E-state index is 0.759. The summed E-state index contributed by atoms with van der Waals surface area (Å²) in [6.45, 7) is 6.06. The van der Waals surface area contributed by atoms with Crippen LogP contribution in [0.4, 0.5) is 0 Å². The molecule has 0 unspecified atom stereocenters. The van der Waals surface area contributed by atoms with Gasteiger partial charge in [-0.05, 0) is 17.7 Å². The van der Waals surface area contributed by atoms with Gasteiger partial charge in [0.15, 0.2) is 0 Å². The van der Waals surface area contributed by atoms with Crippen LogP contribution in [0, 0.1) is 0 Å². The number of nitrogens with one attached hydrogen (secondary N) is 1. The minimum absolute atomic E-state index is 0.759. The van der Waals surface area contributed by atoms with Gasteiger partial charge in [0, 0.05) is 11.6 Å². The Labute approximate surface area is 80.0 Å². The summed E-state index contributed by atoms with van der Waals surface area (Å²) in [5.74, 6) is 0. The zero-order chi connectivity index (χ0) is 10.1. The molecule has 1 rings (SSSR count). The van der Waals surface area contributed by atoms with Crippen LogP contribution < -0.4 is 5.16 Å². The van der Waals surface area contributed by atoms with Crippen LogP contribution in [0.25, 0.3) is 0 Å². The molecule has 1 aliphatic rings. The van der Waals surface area contributed by atoms with Crippen molar-refractivity contribution in [1.29, 1.82) is 0 Å². The Bertz CT molecular complexity index is 247. The summed E-state index contributed by atoms with van der Waals surface area (Å²) in [6.07, 6.45) is 10.6. The third-order valence-corrected chi connectivity index (χ3v) is 1.51. The van der Waals surface area contributed by atoms with Gasteiger partial charge in [-0.2, -0.15) is 0 Å². The summed E-state index contributed by atoms with van der Waals surface area (Å²) in [7, 11) is 0. The van der Waals surface area contributed by atoms with Crippen LogP contribution in [0.2, 0.25) is 0 Å². The maximum atomic E-state index is 8.68. The van der Waals surface area contributed by atoms with Crippen molar-refractivity contribution >= 4 is 5.71 Å². The van der Waals surface area contributed by atoms with Gasteiger partial charge in [0.05, 0.1) is 0 Å². The molecule has 2 heteroatoms. The Hall–Kier alpha value is -1.31. The molecule has 72 valence electrons. The molecular weight excluding hydrogens is 162 g/mol. The lowest BCUT2D eigenvalue weighted by molar-refractivity contribution is -0.736. The van der Waals surface area contributed by atoms with Gasteiger partial charge < -0.3 is 0 Å². The van der Waals surface area contributed by atoms with Gasteiger partial charge in [0.1, 0.15) is 0 Å². The Morgan fingerprint density at radius 1 is 1.31 bits per heavy atom. The van der Waals surface area contributed by atoms with Gasteiger partial charge in [0.25, 0.3) is 5.71 Å². The van der Waals surface area contributed by atoms with E-state index in [4.69, 9.17) is 5.21 Å². The molecule has 0 aromatic heterocycles. The average Bonchev–Trinajstić information content (AvgIpc) is 2.22. The molecule has 0 fully saturated rings. The van der Waals surface area contributed by atoms with Gasteiger partial charge in [-0.25, -0.2) is 0 Å². The molecule has 0 amide bonds. The molecule has 0 saturated carbocycles. The van der Waals surface area contributed by atoms with Crippen LogP contribution in [-0.2, 0) is 0 Å². The highest BCUT2D eigenvalue weighted by atomic mass is 16.4. The molecule has 0 aliphatic heterocycles. The first kappa shape index (κ1) is 11.7. The predicted octanol–water partition coefficient (Wildman–Crippen LogP) is 1.39. The number of hydrogen-bond donors (Lipinski definition) is 2. The first-order chi connectivity index (χ1) is 6.38. The molecule has 0 aromatic carbocycles. The first-order valence-corrected chi connectivity index (χ1v) is 4.70. The quantitative estimate of drug-likeness (QED) is 0.464. The van der Waals surface area contributed by atoms with E-state index in [0.29, 0.717) is 0 Å². The lowest BCUT2D eigenvalue weighted by Crippen LogP contribution is -2.68. The molecule has 1 aliphatic carbocycles. The largest absolute Gasteiger partial charge is 0.292 e. The van der Waals surface area contributed by atoms with Crippen molar-refractivity contribution in [3.8, 4) is 0 Å². The van der Waals surface area contributed by atoms with Crippen molar-refractivity contribution in [3.05, 3.63) is 36.0 Å². The smallest absolute Gasteiger partial charge is 0.254 e. The van der Waals surface area contributed by atoms with Crippen molar-refractivity contribution in [2.24, 2.45) is 0 Å². The molecule has 0 bridgehead atoms. The summed E-state index contributed by atoms with van der Waals surface area (Å²) in [5, 5.41) is 10.8. The number of hydrogen-bond acceptors (Lipinski definition) is 1. The topological polar surface area (TPSA) is 34.2 Å². The fourth-order valence-electron chi connectivity index (χ4n) is 0.997. The van der Waals surface area contributed by atoms with Crippen LogP contribution in [0.3, 0.4) is 0 Å². The minimum Gasteiger partial charge on any atom is -0.292 e. The standard InChI is InChI=1S/C9H11NO.C2H6/c1-2-5-8-6-3-4-7-9(8)10-11;1-2/h3-7,11H,2H2,1H3;1-2H3/p+1/b8-5-,10-9+;. The Kier molecular flexibility index (Phi) is 6.60. The maximum Gasteiger partial charge on any atom is 0.254 e. The van der Waals surface area contributed by atoms with Gasteiger partial charge in [-0.1, -0.05) is 39.0 Å². The van der Waals surface area contributed by atoms with Gasteiger partial charge in [-0.15, -0.1) is 0 Å². The van der Waals surface area contributed by atoms with Crippen LogP contribution in [-0.4, -0.2) is 10.9 Å². The molecule has 0 heterocycles. The third-order valence-electron chi connectivity index (χ3n) is 1.51. The summed E-state index contributed by atoms with van der Waals surface area (Å²) in [5.41, 5.74) is 1.80. The highest BCUT2D eigenvalue weighted by Crippen LogP contribution is 2.05. The fourth-order valence-corrected chi connectivity index (χ4v) is 0.997. The highest BCUT2D eigenvalue weighted by molar-refractivity contribution is 6.07. The lowest BCUT2D eigenvalue weighted by atomic mass is 10.0. The van der Waals surface area contributed by atoms with Crippen LogP contribution in [0.1, 0.15) is 27.2 Å². The average molecular weight is 180 g/mol. The second-order valence-corrected chi connectivity index (χ2v) is 2.31. The van der Waals surface area contributed by atoms with E-state index in [1.54, 1.807) is 0 Å². The van der Waals surface area contributed by atoms with E-state index in [1.807, 2.05) is 38.2 Å². The summed E-state index contributed by atoms with van der Waals surface area (Å²) >= 11 is 0. The van der Waals surface area contributed by atoms with E-state index in [-0.39, 0.29) is 0 Å². The van der Waals surface area contributed by atoms with Gasteiger partial charge in [0.2, 0.25) is 0 Å². The predicted molar refractivity (Wildman–Crippen MR) is 55.8 cm³/mol. The van der Waals surface area contributed by atoms with Crippen molar-refractivity contribution in [2.75, 3.05) is 0 Å². The summed E-state index contributed by atoms with van der Waals surface area (Å²) in [6, 6.07) is 0. The molecule has 0 radical (unpaired) electrons. The van der Waals surface area contributed by atoms with Gasteiger partial charge >= 0.3 is 0 Å². The number of allylic oxidation sites excluding steroid dienone is 6. The van der Waals surface area contributed by atoms with Crippen molar-refractivity contribution in [1.82, 2.24) is 0 Å². The first-order valence-electron chi connectivity index (χ1n) is 4.70. The van der Waals surface area contributed by atoms with E-state index in [2.05, 4.69) is 18.2 Å². The van der Waals surface area contributed by atoms with E-state index in [9.17, 15) is 0 Å². The van der Waals surface area contributed by atoms with Crippen LogP contribution in [0.5, 0.6) is 0 Å². The van der Waals surface area contributed by atoms with Gasteiger partial charge in [-0.3, -0.25) is 5.21 Å². The molecule has 0 saturated heterocycles. The Balaban J connectivity index is 0.000000671. The third kappa shape index (κ3) is 3.74. The molecular formula is C11H18NO+. The fraction of sp³-hybridized carbons (Fsp3) is 0.364. The van der Waals surface area contributed by atoms with Crippen molar-refractivity contribution < 1.29 is 10.4 Å². The SMILES string of the molecule is CC.CC/C=C1/C=CC=C/C1=[NH+]\O. The zero-order valence-corrected chi connectivity index (χ0v) is 8.54. The highest BCUT2D eigenvalue weighted by Gasteiger charge is 2.08. The second kappa shape index (κ2) is 7.35. The molecule has 2 N–H and O–H groups in total. The molecule has 2 nitrogen and oxygen atoms in total. The monoisotopic (exact) mass is 180 g/mol. The molecule has 0 atom stereocenters. The van der Waals surface area contributed by atoms with E-state index >= 15 is 0 Å². The molecule has 0 spiro atoms. The van der Waals surface area contributed by atoms with Crippen LogP contribution >= 0.6 is 0 Å². The van der Waals surface area contributed by atoms with E-state index < -0.39 is 0 Å². The Morgan fingerprint density at radius 2 is 1.92 bits per heavy atom. The molecule has 0 aromatic rings. The maximum absolute atomic E-state index is 8.68. The van der Waals surface area contributed by atoms with Crippen LogP contribution in [0.15, 0.2) is 36.0 Å². The Morgan fingerprint density at radius 3 is 2.46 bits per heavy atom. The summed E-state index contributed by atoms with van der Waals surface area (Å²) < 4.78 is 0.